The highest BCUT2D eigenvalue weighted by Gasteiger charge is 2.45. The first-order valence-corrected chi connectivity index (χ1v) is 11.0. The van der Waals surface area contributed by atoms with Gasteiger partial charge in [-0.3, -0.25) is 19.2 Å². The van der Waals surface area contributed by atoms with Gasteiger partial charge in [0, 0.05) is 12.1 Å². The summed E-state index contributed by atoms with van der Waals surface area (Å²) >= 11 is 0. The Balaban J connectivity index is 1.68. The molecule has 0 radical (unpaired) electrons. The van der Waals surface area contributed by atoms with E-state index in [9.17, 15) is 18.0 Å². The lowest BCUT2D eigenvalue weighted by molar-refractivity contribution is -0.166. The van der Waals surface area contributed by atoms with Gasteiger partial charge in [-0.25, -0.2) is 8.42 Å². The SMILES string of the molecule is CCC1C(=O)N(CC(C)CS(=O)(=O)Nc2ccccc2-c2ccccc2)C1=O. The number of para-hydroxylation sites is 1. The van der Waals surface area contributed by atoms with Crippen LogP contribution in [0.1, 0.15) is 20.3 Å². The van der Waals surface area contributed by atoms with Crippen molar-refractivity contribution < 1.29 is 18.0 Å². The van der Waals surface area contributed by atoms with E-state index in [1.807, 2.05) is 42.5 Å². The van der Waals surface area contributed by atoms with Crippen LogP contribution in [0.15, 0.2) is 54.6 Å². The van der Waals surface area contributed by atoms with Crippen molar-refractivity contribution in [3.8, 4) is 11.1 Å². The third-order valence-electron chi connectivity index (χ3n) is 4.81. The Bertz CT molecular complexity index is 957. The summed E-state index contributed by atoms with van der Waals surface area (Å²) in [4.78, 5) is 25.0. The first-order chi connectivity index (χ1) is 13.3. The van der Waals surface area contributed by atoms with Crippen molar-refractivity contribution in [1.82, 2.24) is 4.90 Å². The summed E-state index contributed by atoms with van der Waals surface area (Å²) in [7, 11) is -3.65. The van der Waals surface area contributed by atoms with Crippen LogP contribution in [0.25, 0.3) is 11.1 Å². The highest BCUT2D eigenvalue weighted by atomic mass is 32.2. The molecule has 1 aliphatic heterocycles. The van der Waals surface area contributed by atoms with Crippen LogP contribution in [0.3, 0.4) is 0 Å². The lowest BCUT2D eigenvalue weighted by atomic mass is 9.93. The molecular formula is C21H24N2O4S. The molecule has 3 rings (SSSR count). The average Bonchev–Trinajstić information content (AvgIpc) is 2.67. The van der Waals surface area contributed by atoms with E-state index in [0.717, 1.165) is 16.0 Å². The van der Waals surface area contributed by atoms with Crippen molar-refractivity contribution in [2.24, 2.45) is 11.8 Å². The Morgan fingerprint density at radius 1 is 1.00 bits per heavy atom. The molecular weight excluding hydrogens is 376 g/mol. The number of imide groups is 1. The molecule has 0 aliphatic carbocycles. The number of carbonyl (C=O) groups excluding carboxylic acids is 2. The number of β-lactam (4-membered cyclic amide) rings is 2. The number of carbonyl (C=O) groups is 2. The van der Waals surface area contributed by atoms with E-state index >= 15 is 0 Å². The Labute approximate surface area is 165 Å². The number of anilines is 1. The van der Waals surface area contributed by atoms with E-state index in [4.69, 9.17) is 0 Å². The van der Waals surface area contributed by atoms with Gasteiger partial charge < -0.3 is 0 Å². The van der Waals surface area contributed by atoms with Gasteiger partial charge >= 0.3 is 0 Å². The highest BCUT2D eigenvalue weighted by molar-refractivity contribution is 7.92. The number of hydrogen-bond donors (Lipinski definition) is 1. The van der Waals surface area contributed by atoms with Crippen molar-refractivity contribution in [2.75, 3.05) is 17.0 Å². The Kier molecular flexibility index (Phi) is 5.84. The molecule has 1 unspecified atom stereocenters. The normalized spacial score (nSPS) is 16.0. The van der Waals surface area contributed by atoms with Gasteiger partial charge in [-0.2, -0.15) is 0 Å². The van der Waals surface area contributed by atoms with Gasteiger partial charge in [0.1, 0.15) is 5.92 Å². The fourth-order valence-corrected chi connectivity index (χ4v) is 4.89. The lowest BCUT2D eigenvalue weighted by Crippen LogP contribution is -2.58. The number of sulfonamides is 1. The first kappa shape index (κ1) is 20.1. The summed E-state index contributed by atoms with van der Waals surface area (Å²) in [5, 5.41) is 0. The van der Waals surface area contributed by atoms with Gasteiger partial charge in [0.15, 0.2) is 0 Å². The van der Waals surface area contributed by atoms with E-state index in [1.165, 1.54) is 0 Å². The summed E-state index contributed by atoms with van der Waals surface area (Å²) in [6.07, 6.45) is 0.485. The number of amides is 2. The second-order valence-corrected chi connectivity index (χ2v) is 8.92. The van der Waals surface area contributed by atoms with Gasteiger partial charge in [0.2, 0.25) is 21.8 Å². The zero-order valence-electron chi connectivity index (χ0n) is 16.0. The molecule has 0 saturated carbocycles. The van der Waals surface area contributed by atoms with E-state index in [-0.39, 0.29) is 30.0 Å². The summed E-state index contributed by atoms with van der Waals surface area (Å²) in [5.41, 5.74) is 2.21. The molecule has 148 valence electrons. The standard InChI is InChI=1S/C21H24N2O4S/c1-3-17-20(24)23(21(17)25)13-15(2)14-28(26,27)22-19-12-8-7-11-18(19)16-9-5-4-6-10-16/h4-12,15,17,22H,3,13-14H2,1-2H3. The fraction of sp³-hybridized carbons (Fsp3) is 0.333. The molecule has 2 aromatic carbocycles. The number of hydrogen-bond acceptors (Lipinski definition) is 4. The minimum absolute atomic E-state index is 0.120. The van der Waals surface area contributed by atoms with Crippen molar-refractivity contribution in [2.45, 2.75) is 20.3 Å². The number of likely N-dealkylation sites (tertiary alicyclic amines) is 1. The average molecular weight is 401 g/mol. The van der Waals surface area contributed by atoms with E-state index in [2.05, 4.69) is 4.72 Å². The van der Waals surface area contributed by atoms with Gasteiger partial charge in [-0.1, -0.05) is 62.4 Å². The second kappa shape index (κ2) is 8.14. The zero-order chi connectivity index (χ0) is 20.3. The lowest BCUT2D eigenvalue weighted by Gasteiger charge is -2.37. The molecule has 28 heavy (non-hydrogen) atoms. The van der Waals surface area contributed by atoms with Crippen molar-refractivity contribution in [1.29, 1.82) is 0 Å². The molecule has 2 amide bonds. The molecule has 1 N–H and O–H groups in total. The van der Waals surface area contributed by atoms with Crippen LogP contribution in [0.5, 0.6) is 0 Å². The molecule has 1 heterocycles. The topological polar surface area (TPSA) is 83.6 Å². The number of nitrogens with one attached hydrogen (secondary N) is 1. The first-order valence-electron chi connectivity index (χ1n) is 9.32. The minimum Gasteiger partial charge on any atom is -0.283 e. The highest BCUT2D eigenvalue weighted by Crippen LogP contribution is 2.29. The Morgan fingerprint density at radius 2 is 1.61 bits per heavy atom. The maximum atomic E-state index is 12.7. The van der Waals surface area contributed by atoms with E-state index < -0.39 is 15.9 Å². The van der Waals surface area contributed by atoms with Crippen molar-refractivity contribution in [3.05, 3.63) is 54.6 Å². The van der Waals surface area contributed by atoms with Crippen LogP contribution in [0, 0.1) is 11.8 Å². The predicted octanol–water partition coefficient (Wildman–Crippen LogP) is 3.13. The number of benzene rings is 2. The van der Waals surface area contributed by atoms with Crippen LogP contribution < -0.4 is 4.72 Å². The van der Waals surface area contributed by atoms with Crippen molar-refractivity contribution >= 4 is 27.5 Å². The predicted molar refractivity (Wildman–Crippen MR) is 109 cm³/mol. The Morgan fingerprint density at radius 3 is 2.25 bits per heavy atom. The largest absolute Gasteiger partial charge is 0.283 e. The van der Waals surface area contributed by atoms with Crippen LogP contribution in [0.4, 0.5) is 5.69 Å². The van der Waals surface area contributed by atoms with Crippen LogP contribution in [-0.4, -0.2) is 37.4 Å². The molecule has 6 nitrogen and oxygen atoms in total. The minimum atomic E-state index is -3.65. The summed E-state index contributed by atoms with van der Waals surface area (Å²) in [5.74, 6) is -1.52. The monoisotopic (exact) mass is 400 g/mol. The van der Waals surface area contributed by atoms with Gasteiger partial charge in [-0.05, 0) is 24.0 Å². The van der Waals surface area contributed by atoms with Gasteiger partial charge in [0.25, 0.3) is 0 Å². The third-order valence-corrected chi connectivity index (χ3v) is 6.35. The molecule has 1 fully saturated rings. The molecule has 0 aromatic heterocycles. The molecule has 7 heteroatoms. The molecule has 1 atom stereocenters. The summed E-state index contributed by atoms with van der Waals surface area (Å²) < 4.78 is 28.0. The van der Waals surface area contributed by atoms with Crippen molar-refractivity contribution in [3.63, 3.8) is 0 Å². The molecule has 1 aliphatic rings. The van der Waals surface area contributed by atoms with E-state index in [1.54, 1.807) is 26.0 Å². The fourth-order valence-electron chi connectivity index (χ4n) is 3.44. The summed E-state index contributed by atoms with van der Waals surface area (Å²) in [6, 6.07) is 16.7. The van der Waals surface area contributed by atoms with Gasteiger partial charge in [0.05, 0.1) is 11.4 Å². The molecule has 2 aromatic rings. The summed E-state index contributed by atoms with van der Waals surface area (Å²) in [6.45, 7) is 3.64. The third kappa shape index (κ3) is 4.25. The quantitative estimate of drug-likeness (QED) is 0.545. The van der Waals surface area contributed by atoms with Crippen LogP contribution in [0.2, 0.25) is 0 Å². The van der Waals surface area contributed by atoms with Gasteiger partial charge in [-0.15, -0.1) is 0 Å². The number of rotatable bonds is 8. The molecule has 1 saturated heterocycles. The van der Waals surface area contributed by atoms with E-state index in [0.29, 0.717) is 12.1 Å². The van der Waals surface area contributed by atoms with Crippen LogP contribution >= 0.6 is 0 Å². The Hall–Kier alpha value is -2.67. The number of nitrogens with zero attached hydrogens (tertiary/aromatic N) is 1. The smallest absolute Gasteiger partial charge is 0.241 e. The maximum Gasteiger partial charge on any atom is 0.241 e. The maximum absolute atomic E-state index is 12.7. The molecule has 0 spiro atoms. The second-order valence-electron chi connectivity index (χ2n) is 7.15. The van der Waals surface area contributed by atoms with Crippen LogP contribution in [-0.2, 0) is 19.6 Å². The zero-order valence-corrected chi connectivity index (χ0v) is 16.8. The molecule has 0 bridgehead atoms.